The lowest BCUT2D eigenvalue weighted by atomic mass is 9.96. The number of hydrogen-bond acceptors (Lipinski definition) is 11. The first-order valence-corrected chi connectivity index (χ1v) is 15.1. The van der Waals surface area contributed by atoms with Crippen LogP contribution in [0.3, 0.4) is 0 Å². The molecule has 2 aromatic carbocycles. The molecule has 43 heavy (non-hydrogen) atoms. The Morgan fingerprint density at radius 1 is 1.05 bits per heavy atom. The summed E-state index contributed by atoms with van der Waals surface area (Å²) in [5, 5.41) is 9.69. The Hall–Kier alpha value is -3.21. The van der Waals surface area contributed by atoms with E-state index in [1.54, 1.807) is 4.98 Å². The lowest BCUT2D eigenvalue weighted by Crippen LogP contribution is -2.54. The molecule has 4 rings (SSSR count). The Labute approximate surface area is 248 Å². The first-order chi connectivity index (χ1) is 20.2. The molecule has 19 heteroatoms. The summed E-state index contributed by atoms with van der Waals surface area (Å²) in [5.74, 6) is -3.76. The zero-order chi connectivity index (χ0) is 31.6. The molecule has 1 saturated heterocycles. The molecule has 1 aromatic heterocycles. The molecule has 0 bridgehead atoms. The number of nitrogens with one attached hydrogen (secondary N) is 1. The van der Waals surface area contributed by atoms with Gasteiger partial charge in [-0.25, -0.2) is 18.1 Å². The summed E-state index contributed by atoms with van der Waals surface area (Å²) in [4.78, 5) is 25.4. The maximum atomic E-state index is 15.2. The normalized spacial score (nSPS) is 22.6. The number of hydrogen-bond donors (Lipinski definition) is 2. The molecule has 12 nitrogen and oxygen atoms in total. The smallest absolute Gasteiger partial charge is 0.478 e. The summed E-state index contributed by atoms with van der Waals surface area (Å²) >= 11 is 5.67. The molecular weight excluding hydrogens is 651 g/mol. The molecule has 2 N–H and O–H groups in total. The van der Waals surface area contributed by atoms with Gasteiger partial charge in [0.2, 0.25) is 6.23 Å². The molecule has 0 radical (unpaired) electrons. The number of aliphatic hydroxyl groups excluding tert-OH is 1. The van der Waals surface area contributed by atoms with Crippen LogP contribution in [0.4, 0.5) is 17.6 Å². The molecule has 0 amide bonds. The third-order valence-corrected chi connectivity index (χ3v) is 8.95. The molecule has 0 spiro atoms. The van der Waals surface area contributed by atoms with E-state index >= 15 is 8.78 Å². The van der Waals surface area contributed by atoms with Crippen molar-refractivity contribution in [2.24, 2.45) is 0 Å². The molecule has 0 aliphatic carbocycles. The van der Waals surface area contributed by atoms with Crippen LogP contribution in [0.1, 0.15) is 6.23 Å². The molecule has 234 valence electrons. The van der Waals surface area contributed by atoms with Crippen LogP contribution < -0.4 is 29.4 Å². The molecule has 1 aliphatic rings. The summed E-state index contributed by atoms with van der Waals surface area (Å²) in [7, 11) is 2.81. The molecule has 1 fully saturated rings. The van der Waals surface area contributed by atoms with E-state index in [1.165, 1.54) is 62.8 Å². The van der Waals surface area contributed by atoms with Gasteiger partial charge in [-0.1, -0.05) is 11.6 Å². The van der Waals surface area contributed by atoms with Crippen LogP contribution in [0.15, 0.2) is 64.3 Å². The first kappa shape index (κ1) is 32.7. The minimum absolute atomic E-state index is 0.0338. The SMILES string of the molecule is COc1ccc(OSP(=O)(OC[C@@]2(C(F)F)O[C@@H](n3cc(Cl)c(=O)[nH]c3=O)C(F)(F)[C@@H]2O)Oc2ccc(OC)cc2)cc1. The van der Waals surface area contributed by atoms with Crippen LogP contribution in [-0.2, 0) is 13.8 Å². The summed E-state index contributed by atoms with van der Waals surface area (Å²) in [6, 6.07) is 11.2. The van der Waals surface area contributed by atoms with E-state index in [0.29, 0.717) is 17.7 Å². The number of aromatic amines is 1. The van der Waals surface area contributed by atoms with Gasteiger partial charge in [-0.3, -0.25) is 18.9 Å². The van der Waals surface area contributed by atoms with Gasteiger partial charge < -0.3 is 28.0 Å². The zero-order valence-corrected chi connectivity index (χ0v) is 24.4. The average Bonchev–Trinajstić information content (AvgIpc) is 3.19. The highest BCUT2D eigenvalue weighted by atomic mass is 35.5. The number of benzene rings is 2. The third kappa shape index (κ3) is 6.81. The van der Waals surface area contributed by atoms with Gasteiger partial charge in [0.15, 0.2) is 23.4 Å². The predicted octanol–water partition coefficient (Wildman–Crippen LogP) is 4.67. The fourth-order valence-electron chi connectivity index (χ4n) is 3.76. The van der Waals surface area contributed by atoms with Gasteiger partial charge in [-0.05, 0) is 48.5 Å². The van der Waals surface area contributed by atoms with Gasteiger partial charge in [0.1, 0.15) is 28.0 Å². The van der Waals surface area contributed by atoms with E-state index in [9.17, 15) is 28.0 Å². The van der Waals surface area contributed by atoms with Crippen LogP contribution in [0.2, 0.25) is 5.02 Å². The first-order valence-electron chi connectivity index (χ1n) is 11.9. The fourth-order valence-corrected chi connectivity index (χ4v) is 6.24. The largest absolute Gasteiger partial charge is 0.497 e. The van der Waals surface area contributed by atoms with Crippen molar-refractivity contribution in [1.29, 1.82) is 0 Å². The summed E-state index contributed by atoms with van der Waals surface area (Å²) in [5.41, 5.74) is -6.19. The van der Waals surface area contributed by atoms with E-state index in [-0.39, 0.29) is 27.7 Å². The van der Waals surface area contributed by atoms with Gasteiger partial charge in [-0.15, -0.1) is 0 Å². The number of alkyl halides is 4. The lowest BCUT2D eigenvalue weighted by molar-refractivity contribution is -0.192. The Morgan fingerprint density at radius 3 is 2.12 bits per heavy atom. The number of nitrogens with zero attached hydrogens (tertiary/aromatic N) is 1. The minimum Gasteiger partial charge on any atom is -0.497 e. The van der Waals surface area contributed by atoms with Crippen molar-refractivity contribution in [2.45, 2.75) is 30.3 Å². The van der Waals surface area contributed by atoms with Crippen LogP contribution in [0, 0.1) is 0 Å². The average molecular weight is 673 g/mol. The Kier molecular flexibility index (Phi) is 9.73. The van der Waals surface area contributed by atoms with E-state index < -0.39 is 60.0 Å². The van der Waals surface area contributed by atoms with Gasteiger partial charge in [0.05, 0.1) is 20.8 Å². The van der Waals surface area contributed by atoms with Crippen molar-refractivity contribution in [3.63, 3.8) is 0 Å². The van der Waals surface area contributed by atoms with Crippen molar-refractivity contribution in [3.05, 3.63) is 80.6 Å². The lowest BCUT2D eigenvalue weighted by Gasteiger charge is -2.31. The second-order valence-corrected chi connectivity index (χ2v) is 12.6. The molecule has 0 saturated carbocycles. The standard InChI is InChI=1S/C24H22ClF4N2O10PS/c1-36-13-3-7-15(8-4-13)40-42(35,43-41-16-9-5-14(37-2)6-10-16)38-12-23(20(26)27)19(33)24(28,29)21(39-23)31-11-17(25)18(32)30-22(31)34/h3-11,19-21,33H,12H2,1-2H3,(H,30,32,34)/t19-,21-,23-,42?/m1/s1. The van der Waals surface area contributed by atoms with Crippen LogP contribution >= 0.6 is 30.1 Å². The van der Waals surface area contributed by atoms with Crippen molar-refractivity contribution in [3.8, 4) is 23.0 Å². The molecular formula is C24H22ClF4N2O10PS. The second-order valence-electron chi connectivity index (χ2n) is 8.77. The number of methoxy groups -OCH3 is 2. The second kappa shape index (κ2) is 12.8. The quantitative estimate of drug-likeness (QED) is 0.157. The van der Waals surface area contributed by atoms with Crippen molar-refractivity contribution in [2.75, 3.05) is 20.8 Å². The third-order valence-electron chi connectivity index (χ3n) is 6.04. The van der Waals surface area contributed by atoms with E-state index in [0.717, 1.165) is 0 Å². The van der Waals surface area contributed by atoms with Gasteiger partial charge in [0, 0.05) is 6.20 Å². The Bertz CT molecular complexity index is 1590. The minimum atomic E-state index is -4.75. The Morgan fingerprint density at radius 2 is 1.58 bits per heavy atom. The van der Waals surface area contributed by atoms with Crippen LogP contribution in [0.5, 0.6) is 23.0 Å². The van der Waals surface area contributed by atoms with Crippen molar-refractivity contribution in [1.82, 2.24) is 9.55 Å². The molecule has 4 atom stereocenters. The van der Waals surface area contributed by atoms with Gasteiger partial charge >= 0.3 is 18.4 Å². The molecule has 2 heterocycles. The number of aromatic nitrogens is 2. The van der Waals surface area contributed by atoms with Crippen molar-refractivity contribution < 1.29 is 54.7 Å². The zero-order valence-electron chi connectivity index (χ0n) is 21.9. The number of rotatable bonds is 12. The summed E-state index contributed by atoms with van der Waals surface area (Å²) in [6.45, 7) is -6.39. The van der Waals surface area contributed by atoms with Gasteiger partial charge in [-0.2, -0.15) is 8.78 Å². The van der Waals surface area contributed by atoms with E-state index in [4.69, 9.17) is 39.0 Å². The maximum absolute atomic E-state index is 15.2. The maximum Gasteiger partial charge on any atom is 0.478 e. The number of ether oxygens (including phenoxy) is 3. The fraction of sp³-hybridized carbons (Fsp3) is 0.333. The van der Waals surface area contributed by atoms with E-state index in [1.807, 2.05) is 0 Å². The highest BCUT2D eigenvalue weighted by Gasteiger charge is 2.71. The number of H-pyrrole nitrogens is 1. The van der Waals surface area contributed by atoms with Crippen molar-refractivity contribution >= 4 is 30.1 Å². The van der Waals surface area contributed by atoms with E-state index in [2.05, 4.69) is 0 Å². The number of aliphatic hydroxyl groups is 1. The topological polar surface area (TPSA) is 148 Å². The highest BCUT2D eigenvalue weighted by molar-refractivity contribution is 8.52. The summed E-state index contributed by atoms with van der Waals surface area (Å²) < 4.78 is 104. The number of halogens is 5. The predicted molar refractivity (Wildman–Crippen MR) is 145 cm³/mol. The summed E-state index contributed by atoms with van der Waals surface area (Å²) in [6.07, 6.45) is -9.65. The van der Waals surface area contributed by atoms with Gasteiger partial charge in [0.25, 0.3) is 12.0 Å². The molecule has 1 aliphatic heterocycles. The molecule has 1 unspecified atom stereocenters. The van der Waals surface area contributed by atoms with Crippen LogP contribution in [-0.4, -0.2) is 59.5 Å². The molecule has 3 aromatic rings. The Balaban J connectivity index is 1.65. The monoisotopic (exact) mass is 672 g/mol. The van der Waals surface area contributed by atoms with Crippen LogP contribution in [0.25, 0.3) is 0 Å². The highest BCUT2D eigenvalue weighted by Crippen LogP contribution is 2.62.